The molecule has 3 rings (SSSR count). The molecule has 82 valence electrons. The molecule has 0 saturated carbocycles. The molecule has 1 aromatic carbocycles. The molecule has 2 heterocycles. The van der Waals surface area contributed by atoms with E-state index >= 15 is 0 Å². The number of benzene rings is 1. The molecular formula is C12H9N5. The van der Waals surface area contributed by atoms with Crippen LogP contribution in [0.2, 0.25) is 0 Å². The van der Waals surface area contributed by atoms with E-state index in [0.29, 0.717) is 11.5 Å². The highest BCUT2D eigenvalue weighted by atomic mass is 15.1. The standard InChI is InChI=1S/C12H9N5/c13-11-10-9(8-4-2-1-3-5-8)6-16-17-12(10)15-7-14-11/h1-7H,(H2,13,14,15,17). The fraction of sp³-hybridized carbons (Fsp3) is 0. The smallest absolute Gasteiger partial charge is 0.187 e. The van der Waals surface area contributed by atoms with E-state index in [1.165, 1.54) is 6.33 Å². The van der Waals surface area contributed by atoms with Gasteiger partial charge in [-0.25, -0.2) is 9.97 Å². The van der Waals surface area contributed by atoms with Crippen LogP contribution in [-0.2, 0) is 0 Å². The quantitative estimate of drug-likeness (QED) is 0.679. The van der Waals surface area contributed by atoms with E-state index in [2.05, 4.69) is 20.2 Å². The van der Waals surface area contributed by atoms with Crippen molar-refractivity contribution >= 4 is 16.9 Å². The number of aromatic nitrogens is 4. The molecule has 2 N–H and O–H groups in total. The molecule has 0 amide bonds. The van der Waals surface area contributed by atoms with Gasteiger partial charge in [0.15, 0.2) is 5.65 Å². The summed E-state index contributed by atoms with van der Waals surface area (Å²) in [6.45, 7) is 0. The zero-order valence-corrected chi connectivity index (χ0v) is 8.91. The zero-order chi connectivity index (χ0) is 11.7. The Morgan fingerprint density at radius 1 is 1.00 bits per heavy atom. The average Bonchev–Trinajstić information content (AvgIpc) is 2.39. The molecule has 5 heteroatoms. The SMILES string of the molecule is Nc1ncnc2nncc(-c3ccccc3)c12. The van der Waals surface area contributed by atoms with Gasteiger partial charge in [-0.1, -0.05) is 30.3 Å². The molecule has 0 radical (unpaired) electrons. The van der Waals surface area contributed by atoms with Crippen molar-refractivity contribution in [2.75, 3.05) is 5.73 Å². The summed E-state index contributed by atoms with van der Waals surface area (Å²) in [5.41, 5.74) is 8.31. The lowest BCUT2D eigenvalue weighted by Gasteiger charge is -2.05. The summed E-state index contributed by atoms with van der Waals surface area (Å²) in [4.78, 5) is 8.06. The summed E-state index contributed by atoms with van der Waals surface area (Å²) in [5.74, 6) is 0.420. The van der Waals surface area contributed by atoms with Crippen LogP contribution in [0.5, 0.6) is 0 Å². The Morgan fingerprint density at radius 3 is 2.65 bits per heavy atom. The molecule has 0 fully saturated rings. The molecule has 0 aliphatic heterocycles. The molecule has 0 bridgehead atoms. The number of rotatable bonds is 1. The first-order chi connectivity index (χ1) is 8.36. The van der Waals surface area contributed by atoms with Crippen LogP contribution in [-0.4, -0.2) is 20.2 Å². The lowest BCUT2D eigenvalue weighted by atomic mass is 10.1. The second-order valence-electron chi connectivity index (χ2n) is 3.58. The number of nitrogens with two attached hydrogens (primary N) is 1. The van der Waals surface area contributed by atoms with E-state index in [1.54, 1.807) is 6.20 Å². The van der Waals surface area contributed by atoms with Gasteiger partial charge in [0.25, 0.3) is 0 Å². The summed E-state index contributed by atoms with van der Waals surface area (Å²) < 4.78 is 0. The molecule has 0 aliphatic carbocycles. The Kier molecular flexibility index (Phi) is 2.15. The molecule has 0 aliphatic rings. The highest BCUT2D eigenvalue weighted by Gasteiger charge is 2.09. The van der Waals surface area contributed by atoms with E-state index in [4.69, 9.17) is 5.73 Å². The number of nitrogen functional groups attached to an aromatic ring is 1. The van der Waals surface area contributed by atoms with Gasteiger partial charge in [0.1, 0.15) is 12.1 Å². The van der Waals surface area contributed by atoms with Crippen LogP contribution < -0.4 is 5.73 Å². The second-order valence-corrected chi connectivity index (χ2v) is 3.58. The van der Waals surface area contributed by atoms with Crippen LogP contribution in [0.25, 0.3) is 22.2 Å². The van der Waals surface area contributed by atoms with Crippen molar-refractivity contribution in [3.63, 3.8) is 0 Å². The van der Waals surface area contributed by atoms with Gasteiger partial charge in [-0.2, -0.15) is 5.10 Å². The molecule has 0 spiro atoms. The summed E-state index contributed by atoms with van der Waals surface area (Å²) in [6.07, 6.45) is 3.07. The van der Waals surface area contributed by atoms with Crippen molar-refractivity contribution in [2.45, 2.75) is 0 Å². The predicted octanol–water partition coefficient (Wildman–Crippen LogP) is 1.67. The average molecular weight is 223 g/mol. The van der Waals surface area contributed by atoms with Crippen molar-refractivity contribution in [3.8, 4) is 11.1 Å². The molecule has 0 atom stereocenters. The first-order valence-electron chi connectivity index (χ1n) is 5.13. The number of hydrogen-bond donors (Lipinski definition) is 1. The van der Waals surface area contributed by atoms with Crippen molar-refractivity contribution in [3.05, 3.63) is 42.9 Å². The molecule has 5 nitrogen and oxygen atoms in total. The lowest BCUT2D eigenvalue weighted by Crippen LogP contribution is -1.98. The summed E-state index contributed by atoms with van der Waals surface area (Å²) >= 11 is 0. The van der Waals surface area contributed by atoms with Crippen LogP contribution in [0.15, 0.2) is 42.9 Å². The minimum Gasteiger partial charge on any atom is -0.383 e. The molecule has 17 heavy (non-hydrogen) atoms. The molecular weight excluding hydrogens is 214 g/mol. The zero-order valence-electron chi connectivity index (χ0n) is 8.91. The Labute approximate surface area is 97.4 Å². The van der Waals surface area contributed by atoms with Gasteiger partial charge in [-0.05, 0) is 5.56 Å². The first kappa shape index (κ1) is 9.65. The Balaban J connectivity index is 2.38. The second kappa shape index (κ2) is 3.79. The van der Waals surface area contributed by atoms with Crippen LogP contribution >= 0.6 is 0 Å². The fourth-order valence-corrected chi connectivity index (χ4v) is 1.77. The van der Waals surface area contributed by atoms with E-state index < -0.39 is 0 Å². The summed E-state index contributed by atoms with van der Waals surface area (Å²) in [7, 11) is 0. The first-order valence-corrected chi connectivity index (χ1v) is 5.13. The Bertz CT molecular complexity index is 661. The highest BCUT2D eigenvalue weighted by Crippen LogP contribution is 2.28. The van der Waals surface area contributed by atoms with E-state index in [-0.39, 0.29) is 0 Å². The third-order valence-electron chi connectivity index (χ3n) is 2.55. The van der Waals surface area contributed by atoms with Gasteiger partial charge in [-0.15, -0.1) is 5.10 Å². The van der Waals surface area contributed by atoms with Gasteiger partial charge in [0.2, 0.25) is 0 Å². The maximum atomic E-state index is 5.88. The minimum absolute atomic E-state index is 0.420. The van der Waals surface area contributed by atoms with Gasteiger partial charge < -0.3 is 5.73 Å². The molecule has 0 unspecified atom stereocenters. The number of fused-ring (bicyclic) bond motifs is 1. The largest absolute Gasteiger partial charge is 0.383 e. The summed E-state index contributed by atoms with van der Waals surface area (Å²) in [5, 5.41) is 8.63. The Hall–Kier alpha value is -2.56. The van der Waals surface area contributed by atoms with Crippen molar-refractivity contribution in [1.29, 1.82) is 0 Å². The third kappa shape index (κ3) is 1.57. The lowest BCUT2D eigenvalue weighted by molar-refractivity contribution is 1.04. The molecule has 3 aromatic rings. The van der Waals surface area contributed by atoms with Crippen LogP contribution in [0.1, 0.15) is 0 Å². The highest BCUT2D eigenvalue weighted by molar-refractivity contribution is 5.98. The molecule has 0 saturated heterocycles. The van der Waals surface area contributed by atoms with Gasteiger partial charge >= 0.3 is 0 Å². The van der Waals surface area contributed by atoms with Crippen molar-refractivity contribution < 1.29 is 0 Å². The fourth-order valence-electron chi connectivity index (χ4n) is 1.77. The summed E-state index contributed by atoms with van der Waals surface area (Å²) in [6, 6.07) is 9.86. The third-order valence-corrected chi connectivity index (χ3v) is 2.55. The van der Waals surface area contributed by atoms with Crippen LogP contribution in [0.4, 0.5) is 5.82 Å². The van der Waals surface area contributed by atoms with E-state index in [0.717, 1.165) is 16.5 Å². The minimum atomic E-state index is 0.420. The number of anilines is 1. The van der Waals surface area contributed by atoms with Gasteiger partial charge in [0, 0.05) is 5.56 Å². The van der Waals surface area contributed by atoms with Crippen molar-refractivity contribution in [1.82, 2.24) is 20.2 Å². The van der Waals surface area contributed by atoms with Crippen LogP contribution in [0, 0.1) is 0 Å². The van der Waals surface area contributed by atoms with Gasteiger partial charge in [0.05, 0.1) is 11.6 Å². The maximum absolute atomic E-state index is 5.88. The normalized spacial score (nSPS) is 10.6. The predicted molar refractivity (Wildman–Crippen MR) is 65.0 cm³/mol. The van der Waals surface area contributed by atoms with E-state index in [9.17, 15) is 0 Å². The van der Waals surface area contributed by atoms with E-state index in [1.807, 2.05) is 30.3 Å². The number of nitrogens with zero attached hydrogens (tertiary/aromatic N) is 4. The Morgan fingerprint density at radius 2 is 1.82 bits per heavy atom. The van der Waals surface area contributed by atoms with Crippen LogP contribution in [0.3, 0.4) is 0 Å². The topological polar surface area (TPSA) is 77.6 Å². The monoisotopic (exact) mass is 223 g/mol. The van der Waals surface area contributed by atoms with Gasteiger partial charge in [-0.3, -0.25) is 0 Å². The number of hydrogen-bond acceptors (Lipinski definition) is 5. The maximum Gasteiger partial charge on any atom is 0.187 e. The van der Waals surface area contributed by atoms with Crippen molar-refractivity contribution in [2.24, 2.45) is 0 Å². The molecule has 2 aromatic heterocycles.